The first-order valence-corrected chi connectivity index (χ1v) is 5.95. The molecule has 0 aromatic carbocycles. The molecule has 106 valence electrons. The number of oxime groups is 1. The monoisotopic (exact) mass is 271 g/mol. The van der Waals surface area contributed by atoms with Gasteiger partial charge in [0.25, 0.3) is 0 Å². The molecule has 0 aromatic heterocycles. The van der Waals surface area contributed by atoms with Gasteiger partial charge in [0.15, 0.2) is 11.5 Å². The molecule has 0 spiro atoms. The first-order chi connectivity index (χ1) is 8.95. The molecule has 0 fully saturated rings. The molecule has 0 aliphatic carbocycles. The quantitative estimate of drug-likeness (QED) is 0.657. The van der Waals surface area contributed by atoms with Crippen molar-refractivity contribution in [3.05, 3.63) is 0 Å². The Balaban J connectivity index is 2.67. The average Bonchev–Trinajstić information content (AvgIpc) is 2.82. The molecule has 1 atom stereocenters. The van der Waals surface area contributed by atoms with E-state index in [1.54, 1.807) is 6.92 Å². The second-order valence-corrected chi connectivity index (χ2v) is 4.15. The molecule has 1 aliphatic rings. The lowest BCUT2D eigenvalue weighted by atomic mass is 9.88. The van der Waals surface area contributed by atoms with Crippen molar-refractivity contribution >= 4 is 23.4 Å². The summed E-state index contributed by atoms with van der Waals surface area (Å²) in [6.07, 6.45) is 0.150. The molecular formula is C12H17NO6. The normalized spacial score (nSPS) is 21.3. The first kappa shape index (κ1) is 15.1. The van der Waals surface area contributed by atoms with Crippen molar-refractivity contribution in [3.8, 4) is 0 Å². The highest BCUT2D eigenvalue weighted by Crippen LogP contribution is 2.30. The Kier molecular flexibility index (Phi) is 5.02. The summed E-state index contributed by atoms with van der Waals surface area (Å²) in [5, 5.41) is 3.57. The second-order valence-electron chi connectivity index (χ2n) is 4.15. The van der Waals surface area contributed by atoms with Crippen molar-refractivity contribution in [2.75, 3.05) is 13.7 Å². The topological polar surface area (TPSA) is 91.3 Å². The van der Waals surface area contributed by atoms with Gasteiger partial charge in [0, 0.05) is 12.8 Å². The highest BCUT2D eigenvalue weighted by molar-refractivity contribution is 6.37. The number of Topliss-reactive ketones (excluding diaryl/α,β-unsaturated/α-hetero) is 1. The van der Waals surface area contributed by atoms with Crippen molar-refractivity contribution < 1.29 is 28.7 Å². The summed E-state index contributed by atoms with van der Waals surface area (Å²) >= 11 is 0. The molecule has 1 unspecified atom stereocenters. The molecule has 0 bridgehead atoms. The zero-order valence-electron chi connectivity index (χ0n) is 11.2. The van der Waals surface area contributed by atoms with Crippen molar-refractivity contribution in [2.45, 2.75) is 38.7 Å². The number of methoxy groups -OCH3 is 1. The molecule has 7 heteroatoms. The van der Waals surface area contributed by atoms with Crippen LogP contribution < -0.4 is 0 Å². The van der Waals surface area contributed by atoms with E-state index in [1.165, 1.54) is 14.0 Å². The molecule has 0 amide bonds. The van der Waals surface area contributed by atoms with Crippen molar-refractivity contribution in [1.82, 2.24) is 0 Å². The van der Waals surface area contributed by atoms with Crippen LogP contribution in [0, 0.1) is 0 Å². The predicted molar refractivity (Wildman–Crippen MR) is 64.4 cm³/mol. The smallest absolute Gasteiger partial charge is 0.356 e. The molecule has 1 aliphatic heterocycles. The fourth-order valence-corrected chi connectivity index (χ4v) is 1.74. The van der Waals surface area contributed by atoms with Crippen LogP contribution in [-0.4, -0.2) is 42.8 Å². The third-order valence-electron chi connectivity index (χ3n) is 2.88. The van der Waals surface area contributed by atoms with E-state index in [0.717, 1.165) is 0 Å². The molecule has 19 heavy (non-hydrogen) atoms. The van der Waals surface area contributed by atoms with E-state index in [0.29, 0.717) is 0 Å². The van der Waals surface area contributed by atoms with Crippen LogP contribution in [0.4, 0.5) is 0 Å². The van der Waals surface area contributed by atoms with Gasteiger partial charge in [-0.2, -0.15) is 0 Å². The molecule has 0 saturated carbocycles. The maximum atomic E-state index is 11.7. The van der Waals surface area contributed by atoms with Crippen LogP contribution in [-0.2, 0) is 28.7 Å². The lowest BCUT2D eigenvalue weighted by Gasteiger charge is -2.22. The average molecular weight is 271 g/mol. The Hall–Kier alpha value is -1.92. The summed E-state index contributed by atoms with van der Waals surface area (Å²) < 4.78 is 9.31. The molecule has 0 aromatic rings. The van der Waals surface area contributed by atoms with E-state index >= 15 is 0 Å². The number of hydrogen-bond acceptors (Lipinski definition) is 7. The fourth-order valence-electron chi connectivity index (χ4n) is 1.74. The van der Waals surface area contributed by atoms with Gasteiger partial charge < -0.3 is 14.3 Å². The number of ether oxygens (including phenoxy) is 2. The summed E-state index contributed by atoms with van der Waals surface area (Å²) in [6, 6.07) is 0. The number of carbonyl (C=O) groups excluding carboxylic acids is 3. The zero-order chi connectivity index (χ0) is 14.5. The second kappa shape index (κ2) is 6.31. The van der Waals surface area contributed by atoms with Gasteiger partial charge in [-0.25, -0.2) is 4.79 Å². The van der Waals surface area contributed by atoms with Crippen LogP contribution in [0.25, 0.3) is 0 Å². The van der Waals surface area contributed by atoms with Crippen LogP contribution in [0.2, 0.25) is 0 Å². The van der Waals surface area contributed by atoms with E-state index in [2.05, 4.69) is 9.89 Å². The number of esters is 2. The molecule has 1 heterocycles. The summed E-state index contributed by atoms with van der Waals surface area (Å²) in [5.74, 6) is -1.35. The first-order valence-electron chi connectivity index (χ1n) is 5.95. The van der Waals surface area contributed by atoms with Gasteiger partial charge >= 0.3 is 11.9 Å². The fraction of sp³-hybridized carbons (Fsp3) is 0.667. The van der Waals surface area contributed by atoms with Crippen molar-refractivity contribution in [3.63, 3.8) is 0 Å². The lowest BCUT2D eigenvalue weighted by Crippen LogP contribution is -2.38. The van der Waals surface area contributed by atoms with Crippen LogP contribution in [0.1, 0.15) is 33.1 Å². The number of carbonyl (C=O) groups is 3. The van der Waals surface area contributed by atoms with Gasteiger partial charge in [0.2, 0.25) is 5.60 Å². The number of rotatable bonds is 6. The number of nitrogens with zero attached hydrogens (tertiary/aromatic N) is 1. The third-order valence-corrected chi connectivity index (χ3v) is 2.88. The SMILES string of the molecule is CCOC(=O)CCC1(C(C)=O)CC(C(=O)OC)=NO1. The Morgan fingerprint density at radius 3 is 2.63 bits per heavy atom. The van der Waals surface area contributed by atoms with Gasteiger partial charge in [-0.05, 0) is 13.8 Å². The van der Waals surface area contributed by atoms with Crippen molar-refractivity contribution in [2.24, 2.45) is 5.16 Å². The van der Waals surface area contributed by atoms with Crippen LogP contribution in [0.3, 0.4) is 0 Å². The maximum absolute atomic E-state index is 11.7. The third kappa shape index (κ3) is 3.52. The molecule has 1 rings (SSSR count). The van der Waals surface area contributed by atoms with E-state index in [-0.39, 0.29) is 37.4 Å². The van der Waals surface area contributed by atoms with Gasteiger partial charge in [-0.3, -0.25) is 9.59 Å². The number of hydrogen-bond donors (Lipinski definition) is 0. The minimum Gasteiger partial charge on any atom is -0.466 e. The Morgan fingerprint density at radius 1 is 1.42 bits per heavy atom. The molecule has 0 N–H and O–H groups in total. The Labute approximate surface area is 110 Å². The van der Waals surface area contributed by atoms with Gasteiger partial charge in [0.1, 0.15) is 0 Å². The van der Waals surface area contributed by atoms with Crippen molar-refractivity contribution in [1.29, 1.82) is 0 Å². The Bertz CT molecular complexity index is 416. The highest BCUT2D eigenvalue weighted by atomic mass is 16.7. The van der Waals surface area contributed by atoms with Gasteiger partial charge in [-0.1, -0.05) is 5.16 Å². The largest absolute Gasteiger partial charge is 0.466 e. The van der Waals surface area contributed by atoms with E-state index in [1.807, 2.05) is 0 Å². The summed E-state index contributed by atoms with van der Waals surface area (Å²) in [6.45, 7) is 3.31. The molecular weight excluding hydrogens is 254 g/mol. The molecule has 0 radical (unpaired) electrons. The molecule has 7 nitrogen and oxygen atoms in total. The standard InChI is InChI=1S/C12H17NO6/c1-4-18-10(15)5-6-12(8(2)14)7-9(13-19-12)11(16)17-3/h4-7H2,1-3H3. The Morgan fingerprint density at radius 2 is 2.11 bits per heavy atom. The van der Waals surface area contributed by atoms with Gasteiger partial charge in [-0.15, -0.1) is 0 Å². The summed E-state index contributed by atoms with van der Waals surface area (Å²) in [7, 11) is 1.22. The number of ketones is 1. The van der Waals surface area contributed by atoms with E-state index in [9.17, 15) is 14.4 Å². The maximum Gasteiger partial charge on any atom is 0.356 e. The molecule has 0 saturated heterocycles. The van der Waals surface area contributed by atoms with Crippen LogP contribution in [0.15, 0.2) is 5.16 Å². The van der Waals surface area contributed by atoms with E-state index < -0.39 is 17.5 Å². The van der Waals surface area contributed by atoms with Crippen LogP contribution in [0.5, 0.6) is 0 Å². The zero-order valence-corrected chi connectivity index (χ0v) is 11.2. The van der Waals surface area contributed by atoms with Gasteiger partial charge in [0.05, 0.1) is 20.1 Å². The minimum absolute atomic E-state index is 0.00834. The summed E-state index contributed by atoms with van der Waals surface area (Å²) in [4.78, 5) is 39.4. The summed E-state index contributed by atoms with van der Waals surface area (Å²) in [5.41, 5.74) is -1.22. The lowest BCUT2D eigenvalue weighted by molar-refractivity contribution is -0.148. The van der Waals surface area contributed by atoms with Crippen LogP contribution >= 0.6 is 0 Å². The predicted octanol–water partition coefficient (Wildman–Crippen LogP) is 0.607. The highest BCUT2D eigenvalue weighted by Gasteiger charge is 2.46. The van der Waals surface area contributed by atoms with E-state index in [4.69, 9.17) is 9.57 Å². The minimum atomic E-state index is -1.27.